The minimum absolute atomic E-state index is 0.0213. The van der Waals surface area contributed by atoms with E-state index >= 15 is 0 Å². The molecule has 0 unspecified atom stereocenters. The van der Waals surface area contributed by atoms with E-state index in [1.165, 1.54) is 19.1 Å². The minimum atomic E-state index is -1.07. The van der Waals surface area contributed by atoms with Crippen molar-refractivity contribution in [3.8, 4) is 0 Å². The predicted octanol–water partition coefficient (Wildman–Crippen LogP) is 2.90. The van der Waals surface area contributed by atoms with E-state index in [1.807, 2.05) is 6.92 Å². The SMILES string of the molecule is CC(=O)OCC1=C(C)C[C@H]([C@@H](C)[C@H]2CC[C@H]3[C@@H]4C[C@H]5O[C@]56[C@@H](O)C=CC(=O)[C@]6(CO)[C@H]4CC[C@]23C)OC1=O. The number of ketones is 1. The highest BCUT2D eigenvalue weighted by Gasteiger charge is 2.81. The van der Waals surface area contributed by atoms with Crippen LogP contribution in [0.1, 0.15) is 66.2 Å². The van der Waals surface area contributed by atoms with Crippen LogP contribution < -0.4 is 0 Å². The summed E-state index contributed by atoms with van der Waals surface area (Å²) < 4.78 is 17.2. The van der Waals surface area contributed by atoms with Gasteiger partial charge in [-0.05, 0) is 86.2 Å². The van der Waals surface area contributed by atoms with Crippen molar-refractivity contribution in [1.82, 2.24) is 0 Å². The van der Waals surface area contributed by atoms with Crippen molar-refractivity contribution < 1.29 is 38.8 Å². The minimum Gasteiger partial charge on any atom is -0.461 e. The second kappa shape index (κ2) is 8.73. The molecule has 3 saturated carbocycles. The van der Waals surface area contributed by atoms with Crippen molar-refractivity contribution in [2.45, 2.75) is 90.1 Å². The number of ether oxygens (including phenoxy) is 3. The van der Waals surface area contributed by atoms with Crippen LogP contribution in [-0.2, 0) is 28.6 Å². The Morgan fingerprint density at radius 2 is 2.00 bits per heavy atom. The molecule has 0 bridgehead atoms. The molecule has 1 spiro atoms. The highest BCUT2D eigenvalue weighted by molar-refractivity contribution is 5.98. The van der Waals surface area contributed by atoms with Gasteiger partial charge in [-0.15, -0.1) is 0 Å². The number of aliphatic hydroxyl groups excluding tert-OH is 2. The number of carbonyl (C=O) groups is 3. The van der Waals surface area contributed by atoms with Crippen LogP contribution in [0.25, 0.3) is 0 Å². The van der Waals surface area contributed by atoms with Crippen molar-refractivity contribution in [3.05, 3.63) is 23.3 Å². The van der Waals surface area contributed by atoms with E-state index in [0.717, 1.165) is 37.7 Å². The van der Waals surface area contributed by atoms with Crippen LogP contribution in [0.3, 0.4) is 0 Å². The summed E-state index contributed by atoms with van der Waals surface area (Å²) in [5.41, 5.74) is -0.654. The van der Waals surface area contributed by atoms with Crippen LogP contribution in [0.5, 0.6) is 0 Å². The third-order valence-corrected chi connectivity index (χ3v) is 11.8. The van der Waals surface area contributed by atoms with Gasteiger partial charge in [-0.1, -0.05) is 19.4 Å². The number of cyclic esters (lactones) is 1. The van der Waals surface area contributed by atoms with Gasteiger partial charge in [0.25, 0.3) is 0 Å². The van der Waals surface area contributed by atoms with Crippen LogP contribution in [0.15, 0.2) is 23.3 Å². The lowest BCUT2D eigenvalue weighted by atomic mass is 9.44. The average molecular weight is 529 g/mol. The van der Waals surface area contributed by atoms with Gasteiger partial charge >= 0.3 is 11.9 Å². The highest BCUT2D eigenvalue weighted by atomic mass is 16.6. The smallest absolute Gasteiger partial charge is 0.337 e. The standard InChI is InChI=1S/C30H40O8/c1-15-11-23(37-27(35)19(15)13-36-17(3)32)16(2)20-5-6-21-18-12-26-30(38-26)25(34)8-7-24(33)29(30,14-31)22(18)9-10-28(20,21)4/h7-8,16,18,20-23,25-26,31,34H,5-6,9-14H2,1-4H3/t16-,18-,20+,21-,22-,23+,25-,26+,28+,29-,30+/m0/s1. The number of hydrogen-bond donors (Lipinski definition) is 2. The molecule has 6 rings (SSSR count). The number of esters is 2. The topological polar surface area (TPSA) is 123 Å². The summed E-state index contributed by atoms with van der Waals surface area (Å²) in [5, 5.41) is 21.6. The van der Waals surface area contributed by atoms with Gasteiger partial charge in [-0.3, -0.25) is 9.59 Å². The van der Waals surface area contributed by atoms with E-state index in [0.29, 0.717) is 23.8 Å². The molecule has 0 aromatic carbocycles. The maximum absolute atomic E-state index is 13.4. The zero-order valence-corrected chi connectivity index (χ0v) is 22.8. The summed E-state index contributed by atoms with van der Waals surface area (Å²) in [6.07, 6.45) is 6.95. The summed E-state index contributed by atoms with van der Waals surface area (Å²) in [5.74, 6) is 0.202. The Hall–Kier alpha value is -2.03. The molecule has 4 aliphatic carbocycles. The second-order valence-electron chi connectivity index (χ2n) is 13.1. The van der Waals surface area contributed by atoms with Crippen LogP contribution in [0, 0.1) is 40.4 Å². The fraction of sp³-hybridized carbons (Fsp3) is 0.767. The van der Waals surface area contributed by atoms with Crippen molar-refractivity contribution in [3.63, 3.8) is 0 Å². The first kappa shape index (κ1) is 26.2. The lowest BCUT2D eigenvalue weighted by Gasteiger charge is -2.58. The molecular formula is C30H40O8. The van der Waals surface area contributed by atoms with Gasteiger partial charge in [-0.25, -0.2) is 4.79 Å². The molecule has 208 valence electrons. The van der Waals surface area contributed by atoms with Gasteiger partial charge in [0.15, 0.2) is 5.78 Å². The molecule has 38 heavy (non-hydrogen) atoms. The van der Waals surface area contributed by atoms with E-state index in [1.54, 1.807) is 0 Å². The zero-order valence-electron chi connectivity index (χ0n) is 22.8. The quantitative estimate of drug-likeness (QED) is 0.413. The average Bonchev–Trinajstić information content (AvgIpc) is 3.50. The van der Waals surface area contributed by atoms with E-state index in [-0.39, 0.29) is 54.4 Å². The maximum atomic E-state index is 13.4. The summed E-state index contributed by atoms with van der Waals surface area (Å²) in [6.45, 7) is 7.48. The fourth-order valence-corrected chi connectivity index (χ4v) is 9.93. The predicted molar refractivity (Wildman–Crippen MR) is 135 cm³/mol. The Morgan fingerprint density at radius 1 is 1.24 bits per heavy atom. The van der Waals surface area contributed by atoms with Crippen LogP contribution in [-0.4, -0.2) is 65.1 Å². The summed E-state index contributed by atoms with van der Waals surface area (Å²) in [7, 11) is 0. The van der Waals surface area contributed by atoms with Crippen molar-refractivity contribution in [2.24, 2.45) is 40.4 Å². The third kappa shape index (κ3) is 3.29. The number of fused-ring (bicyclic) bond motifs is 4. The molecule has 1 saturated heterocycles. The molecule has 0 aromatic heterocycles. The fourth-order valence-electron chi connectivity index (χ4n) is 9.93. The number of epoxide rings is 1. The van der Waals surface area contributed by atoms with Gasteiger partial charge in [0, 0.05) is 13.3 Å². The molecule has 0 amide bonds. The van der Waals surface area contributed by atoms with Crippen molar-refractivity contribution in [2.75, 3.05) is 13.2 Å². The van der Waals surface area contributed by atoms with Crippen LogP contribution in [0.2, 0.25) is 0 Å². The van der Waals surface area contributed by atoms with Crippen LogP contribution in [0.4, 0.5) is 0 Å². The molecule has 2 heterocycles. The largest absolute Gasteiger partial charge is 0.461 e. The number of allylic oxidation sites excluding steroid dienone is 1. The van der Waals surface area contributed by atoms with Crippen LogP contribution >= 0.6 is 0 Å². The van der Waals surface area contributed by atoms with Crippen molar-refractivity contribution in [1.29, 1.82) is 0 Å². The van der Waals surface area contributed by atoms with E-state index in [4.69, 9.17) is 14.2 Å². The Balaban J connectivity index is 1.24. The molecule has 6 aliphatic rings. The summed E-state index contributed by atoms with van der Waals surface area (Å²) in [4.78, 5) is 37.5. The van der Waals surface area contributed by atoms with Gasteiger partial charge in [-0.2, -0.15) is 0 Å². The number of carbonyl (C=O) groups excluding carboxylic acids is 3. The molecule has 2 N–H and O–H groups in total. The third-order valence-electron chi connectivity index (χ3n) is 11.8. The number of rotatable bonds is 5. The van der Waals surface area contributed by atoms with Gasteiger partial charge in [0.1, 0.15) is 24.4 Å². The maximum Gasteiger partial charge on any atom is 0.337 e. The van der Waals surface area contributed by atoms with E-state index in [2.05, 4.69) is 13.8 Å². The number of aliphatic hydroxyl groups is 2. The zero-order chi connectivity index (χ0) is 27.2. The lowest BCUT2D eigenvalue weighted by Crippen LogP contribution is -2.66. The molecular weight excluding hydrogens is 488 g/mol. The molecule has 0 aromatic rings. The van der Waals surface area contributed by atoms with Gasteiger partial charge in [0.05, 0.1) is 23.7 Å². The first-order valence-electron chi connectivity index (χ1n) is 14.2. The molecule has 11 atom stereocenters. The number of hydrogen-bond acceptors (Lipinski definition) is 8. The normalized spacial score (nSPS) is 47.9. The Morgan fingerprint density at radius 3 is 2.68 bits per heavy atom. The summed E-state index contributed by atoms with van der Waals surface area (Å²) >= 11 is 0. The molecule has 4 fully saturated rings. The molecule has 2 aliphatic heterocycles. The first-order chi connectivity index (χ1) is 18.0. The first-order valence-corrected chi connectivity index (χ1v) is 14.2. The second-order valence-corrected chi connectivity index (χ2v) is 13.1. The lowest BCUT2D eigenvalue weighted by molar-refractivity contribution is -0.164. The van der Waals surface area contributed by atoms with Gasteiger partial charge in [0.2, 0.25) is 0 Å². The van der Waals surface area contributed by atoms with E-state index < -0.39 is 29.1 Å². The Kier molecular flexibility index (Phi) is 6.02. The van der Waals surface area contributed by atoms with Gasteiger partial charge < -0.3 is 24.4 Å². The Bertz CT molecular complexity index is 1130. The van der Waals surface area contributed by atoms with Crippen molar-refractivity contribution >= 4 is 17.7 Å². The summed E-state index contributed by atoms with van der Waals surface area (Å²) in [6, 6.07) is 0. The molecule has 8 nitrogen and oxygen atoms in total. The highest BCUT2D eigenvalue weighted by Crippen LogP contribution is 2.73. The monoisotopic (exact) mass is 528 g/mol. The molecule has 0 radical (unpaired) electrons. The Labute approximate surface area is 223 Å². The molecule has 8 heteroatoms. The van der Waals surface area contributed by atoms with E-state index in [9.17, 15) is 24.6 Å².